The van der Waals surface area contributed by atoms with Gasteiger partial charge in [0, 0.05) is 11.4 Å². The lowest BCUT2D eigenvalue weighted by Gasteiger charge is -2.01. The van der Waals surface area contributed by atoms with Gasteiger partial charge in [-0.15, -0.1) is 0 Å². The highest BCUT2D eigenvalue weighted by molar-refractivity contribution is 7.22. The number of aryl methyl sites for hydroxylation is 1. The summed E-state index contributed by atoms with van der Waals surface area (Å²) in [5, 5.41) is 4.14. The smallest absolute Gasteiger partial charge is 0.226 e. The van der Waals surface area contributed by atoms with Gasteiger partial charge in [0.05, 0.1) is 10.2 Å². The average molecular weight is 317 g/mol. The molecule has 1 N–H and O–H groups in total. The molecular formula is C16H13ClN2OS. The molecule has 0 saturated heterocycles. The summed E-state index contributed by atoms with van der Waals surface area (Å²) in [5.41, 5.74) is 2.01. The van der Waals surface area contributed by atoms with E-state index in [0.29, 0.717) is 16.6 Å². The Balaban J connectivity index is 1.63. The van der Waals surface area contributed by atoms with E-state index in [-0.39, 0.29) is 5.91 Å². The first kappa shape index (κ1) is 14.0. The van der Waals surface area contributed by atoms with Crippen molar-refractivity contribution >= 4 is 44.2 Å². The van der Waals surface area contributed by atoms with E-state index in [1.54, 1.807) is 6.07 Å². The summed E-state index contributed by atoms with van der Waals surface area (Å²) in [4.78, 5) is 16.3. The molecule has 0 aliphatic rings. The lowest BCUT2D eigenvalue weighted by atomic mass is 10.1. The molecule has 1 aromatic heterocycles. The summed E-state index contributed by atoms with van der Waals surface area (Å²) in [6.07, 6.45) is 1.17. The lowest BCUT2D eigenvalue weighted by Crippen LogP contribution is -2.11. The average Bonchev–Trinajstić information content (AvgIpc) is 2.87. The Morgan fingerprint density at radius 3 is 2.81 bits per heavy atom. The van der Waals surface area contributed by atoms with E-state index >= 15 is 0 Å². The van der Waals surface area contributed by atoms with Crippen molar-refractivity contribution in [3.05, 3.63) is 59.1 Å². The van der Waals surface area contributed by atoms with E-state index in [2.05, 4.69) is 10.3 Å². The van der Waals surface area contributed by atoms with Crippen LogP contribution in [-0.2, 0) is 11.2 Å². The number of fused-ring (bicyclic) bond motifs is 1. The molecule has 3 rings (SSSR count). The molecule has 0 bridgehead atoms. The topological polar surface area (TPSA) is 42.0 Å². The molecule has 1 heterocycles. The van der Waals surface area contributed by atoms with E-state index < -0.39 is 0 Å². The van der Waals surface area contributed by atoms with Gasteiger partial charge < -0.3 is 5.32 Å². The molecule has 106 valence electrons. The number of thiazole rings is 1. The number of anilines is 1. The summed E-state index contributed by atoms with van der Waals surface area (Å²) in [5.74, 6) is -0.0241. The number of hydrogen-bond acceptors (Lipinski definition) is 3. The molecule has 0 spiro atoms. The van der Waals surface area contributed by atoms with Gasteiger partial charge in [0.2, 0.25) is 5.91 Å². The van der Waals surface area contributed by atoms with E-state index in [1.807, 2.05) is 42.5 Å². The fourth-order valence-corrected chi connectivity index (χ4v) is 3.19. The first-order valence-corrected chi connectivity index (χ1v) is 7.80. The zero-order chi connectivity index (χ0) is 14.7. The molecule has 0 aliphatic heterocycles. The number of carbonyl (C=O) groups excluding carboxylic acids is 1. The van der Waals surface area contributed by atoms with Gasteiger partial charge in [-0.25, -0.2) is 4.98 Å². The minimum Gasteiger partial charge on any atom is -0.302 e. The third-order valence-corrected chi connectivity index (χ3v) is 4.25. The predicted octanol–water partition coefficient (Wildman–Crippen LogP) is 4.52. The summed E-state index contributed by atoms with van der Waals surface area (Å²) in [6, 6.07) is 15.5. The quantitative estimate of drug-likeness (QED) is 0.769. The fourth-order valence-electron chi connectivity index (χ4n) is 2.04. The van der Waals surface area contributed by atoms with Gasteiger partial charge in [-0.1, -0.05) is 53.3 Å². The SMILES string of the molecule is O=C(CCc1ccccc1)Nc1nc2ccc(Cl)cc2s1. The van der Waals surface area contributed by atoms with Gasteiger partial charge in [0.15, 0.2) is 5.13 Å². The van der Waals surface area contributed by atoms with Crippen LogP contribution in [0.2, 0.25) is 5.02 Å². The van der Waals surface area contributed by atoms with Crippen molar-refractivity contribution in [2.75, 3.05) is 5.32 Å². The second-order valence-corrected chi connectivity index (χ2v) is 6.13. The van der Waals surface area contributed by atoms with Crippen LogP contribution in [0.15, 0.2) is 48.5 Å². The molecule has 1 amide bonds. The van der Waals surface area contributed by atoms with Crippen molar-refractivity contribution in [1.29, 1.82) is 0 Å². The summed E-state index contributed by atoms with van der Waals surface area (Å²) in [7, 11) is 0. The van der Waals surface area contributed by atoms with Crippen LogP contribution < -0.4 is 5.32 Å². The Morgan fingerprint density at radius 1 is 1.19 bits per heavy atom. The number of nitrogens with one attached hydrogen (secondary N) is 1. The van der Waals surface area contributed by atoms with Crippen LogP contribution >= 0.6 is 22.9 Å². The first-order valence-electron chi connectivity index (χ1n) is 6.60. The molecule has 0 radical (unpaired) electrons. The van der Waals surface area contributed by atoms with Gasteiger partial charge >= 0.3 is 0 Å². The van der Waals surface area contributed by atoms with Gasteiger partial charge in [-0.3, -0.25) is 4.79 Å². The van der Waals surface area contributed by atoms with Crippen molar-refractivity contribution in [1.82, 2.24) is 4.98 Å². The Morgan fingerprint density at radius 2 is 2.00 bits per heavy atom. The van der Waals surface area contributed by atoms with E-state index in [9.17, 15) is 4.79 Å². The summed E-state index contributed by atoms with van der Waals surface area (Å²) in [6.45, 7) is 0. The number of nitrogens with zero attached hydrogens (tertiary/aromatic N) is 1. The molecule has 0 fully saturated rings. The van der Waals surface area contributed by atoms with E-state index in [1.165, 1.54) is 11.3 Å². The third kappa shape index (κ3) is 3.60. The molecule has 2 aromatic carbocycles. The van der Waals surface area contributed by atoms with Crippen molar-refractivity contribution < 1.29 is 4.79 Å². The predicted molar refractivity (Wildman–Crippen MR) is 88.0 cm³/mol. The normalized spacial score (nSPS) is 10.7. The van der Waals surface area contributed by atoms with Crippen molar-refractivity contribution in [2.24, 2.45) is 0 Å². The van der Waals surface area contributed by atoms with E-state index in [4.69, 9.17) is 11.6 Å². The largest absolute Gasteiger partial charge is 0.302 e. The van der Waals surface area contributed by atoms with Gasteiger partial charge in [-0.2, -0.15) is 0 Å². The van der Waals surface area contributed by atoms with Gasteiger partial charge in [0.25, 0.3) is 0 Å². The highest BCUT2D eigenvalue weighted by Crippen LogP contribution is 2.28. The summed E-state index contributed by atoms with van der Waals surface area (Å²) >= 11 is 7.38. The molecule has 21 heavy (non-hydrogen) atoms. The Bertz CT molecular complexity index is 770. The van der Waals surface area contributed by atoms with Crippen molar-refractivity contribution in [3.8, 4) is 0 Å². The molecule has 0 saturated carbocycles. The maximum atomic E-state index is 12.0. The number of benzene rings is 2. The zero-order valence-electron chi connectivity index (χ0n) is 11.2. The van der Waals surface area contributed by atoms with Crippen molar-refractivity contribution in [2.45, 2.75) is 12.8 Å². The number of aromatic nitrogens is 1. The van der Waals surface area contributed by atoms with Gasteiger partial charge in [-0.05, 0) is 30.2 Å². The molecule has 5 heteroatoms. The number of hydrogen-bond donors (Lipinski definition) is 1. The minimum atomic E-state index is -0.0241. The monoisotopic (exact) mass is 316 g/mol. The Kier molecular flexibility index (Phi) is 4.18. The third-order valence-electron chi connectivity index (χ3n) is 3.08. The van der Waals surface area contributed by atoms with Crippen LogP contribution in [0.25, 0.3) is 10.2 Å². The Labute approximate surface area is 131 Å². The van der Waals surface area contributed by atoms with Crippen LogP contribution in [0.1, 0.15) is 12.0 Å². The van der Waals surface area contributed by atoms with Crippen LogP contribution in [0.3, 0.4) is 0 Å². The molecule has 3 nitrogen and oxygen atoms in total. The highest BCUT2D eigenvalue weighted by Gasteiger charge is 2.08. The first-order chi connectivity index (χ1) is 10.2. The maximum Gasteiger partial charge on any atom is 0.226 e. The molecule has 0 aliphatic carbocycles. The zero-order valence-corrected chi connectivity index (χ0v) is 12.7. The van der Waals surface area contributed by atoms with Crippen LogP contribution in [0, 0.1) is 0 Å². The highest BCUT2D eigenvalue weighted by atomic mass is 35.5. The van der Waals surface area contributed by atoms with Crippen LogP contribution in [0.4, 0.5) is 5.13 Å². The lowest BCUT2D eigenvalue weighted by molar-refractivity contribution is -0.116. The number of rotatable bonds is 4. The molecule has 3 aromatic rings. The van der Waals surface area contributed by atoms with Gasteiger partial charge in [0.1, 0.15) is 0 Å². The number of halogens is 1. The number of amides is 1. The van der Waals surface area contributed by atoms with Crippen LogP contribution in [-0.4, -0.2) is 10.9 Å². The maximum absolute atomic E-state index is 12.0. The number of carbonyl (C=O) groups is 1. The second kappa shape index (κ2) is 6.24. The molecule has 0 unspecified atom stereocenters. The summed E-state index contributed by atoms with van der Waals surface area (Å²) < 4.78 is 0.973. The van der Waals surface area contributed by atoms with E-state index in [0.717, 1.165) is 22.2 Å². The van der Waals surface area contributed by atoms with Crippen LogP contribution in [0.5, 0.6) is 0 Å². The molecule has 0 atom stereocenters. The van der Waals surface area contributed by atoms with Crippen molar-refractivity contribution in [3.63, 3.8) is 0 Å². The second-order valence-electron chi connectivity index (χ2n) is 4.66. The fraction of sp³-hybridized carbons (Fsp3) is 0.125. The standard InChI is InChI=1S/C16H13ClN2OS/c17-12-7-8-13-14(10-12)21-16(18-13)19-15(20)9-6-11-4-2-1-3-5-11/h1-5,7-8,10H,6,9H2,(H,18,19,20). The Hall–Kier alpha value is -1.91. The molecular weight excluding hydrogens is 304 g/mol. The minimum absolute atomic E-state index is 0.0241.